The smallest absolute Gasteiger partial charge is 0.206 e. The minimum atomic E-state index is -3.39. The predicted molar refractivity (Wildman–Crippen MR) is 86.5 cm³/mol. The van der Waals surface area contributed by atoms with Crippen LogP contribution in [0.1, 0.15) is 16.0 Å². The Kier molecular flexibility index (Phi) is 4.36. The fourth-order valence-corrected chi connectivity index (χ4v) is 5.77. The van der Waals surface area contributed by atoms with Crippen LogP contribution in [-0.4, -0.2) is 25.1 Å². The van der Waals surface area contributed by atoms with Gasteiger partial charge in [-0.15, -0.1) is 22.9 Å². The minimum absolute atomic E-state index is 0.419. The molecule has 6 heteroatoms. The van der Waals surface area contributed by atoms with Gasteiger partial charge in [0.2, 0.25) is 0 Å². The number of alkyl halides is 1. The van der Waals surface area contributed by atoms with Gasteiger partial charge in [0.25, 0.3) is 10.0 Å². The highest BCUT2D eigenvalue weighted by Gasteiger charge is 2.29. The maximum Gasteiger partial charge on any atom is 0.252 e. The number of benzene rings is 1. The highest BCUT2D eigenvalue weighted by atomic mass is 35.5. The van der Waals surface area contributed by atoms with Crippen LogP contribution in [0.15, 0.2) is 40.6 Å². The predicted octanol–water partition coefficient (Wildman–Crippen LogP) is 3.28. The normalized spacial score (nSPS) is 15.9. The summed E-state index contributed by atoms with van der Waals surface area (Å²) in [6.07, 6.45) is 1.49. The van der Waals surface area contributed by atoms with Crippen molar-refractivity contribution in [3.8, 4) is 0 Å². The highest BCUT2D eigenvalue weighted by molar-refractivity contribution is 7.91. The standard InChI is InChI=1S/C15H16ClNO2S2/c16-9-7-14-5-6-15(20-14)21(18,19)17-10-8-12-3-1-2-4-13(12)11-17/h1-6H,7-11H2. The minimum Gasteiger partial charge on any atom is -0.206 e. The van der Waals surface area contributed by atoms with Gasteiger partial charge in [-0.05, 0) is 36.1 Å². The monoisotopic (exact) mass is 341 g/mol. The van der Waals surface area contributed by atoms with E-state index in [1.807, 2.05) is 24.3 Å². The fourth-order valence-electron chi connectivity index (χ4n) is 2.53. The first-order chi connectivity index (χ1) is 10.1. The van der Waals surface area contributed by atoms with Crippen molar-refractivity contribution in [2.45, 2.75) is 23.6 Å². The Bertz CT molecular complexity index is 740. The zero-order valence-corrected chi connectivity index (χ0v) is 13.8. The van der Waals surface area contributed by atoms with E-state index in [9.17, 15) is 8.42 Å². The van der Waals surface area contributed by atoms with Crippen LogP contribution in [-0.2, 0) is 29.4 Å². The van der Waals surface area contributed by atoms with Gasteiger partial charge in [-0.3, -0.25) is 0 Å². The van der Waals surface area contributed by atoms with E-state index in [-0.39, 0.29) is 0 Å². The summed E-state index contributed by atoms with van der Waals surface area (Å²) in [5.74, 6) is 0.511. The maximum atomic E-state index is 12.7. The third-order valence-corrected chi connectivity index (χ3v) is 7.31. The summed E-state index contributed by atoms with van der Waals surface area (Å²) in [6.45, 7) is 1.00. The van der Waals surface area contributed by atoms with Crippen LogP contribution in [0.5, 0.6) is 0 Å². The van der Waals surface area contributed by atoms with Crippen molar-refractivity contribution in [3.05, 3.63) is 52.4 Å². The van der Waals surface area contributed by atoms with Crippen molar-refractivity contribution in [1.82, 2.24) is 4.31 Å². The number of hydrogen-bond acceptors (Lipinski definition) is 3. The summed E-state index contributed by atoms with van der Waals surface area (Å²) >= 11 is 7.04. The van der Waals surface area contributed by atoms with Crippen LogP contribution in [0, 0.1) is 0 Å². The Morgan fingerprint density at radius 3 is 2.67 bits per heavy atom. The Hall–Kier alpha value is -0.880. The summed E-state index contributed by atoms with van der Waals surface area (Å²) < 4.78 is 27.4. The Morgan fingerprint density at radius 2 is 1.90 bits per heavy atom. The van der Waals surface area contributed by atoms with Crippen LogP contribution in [0.2, 0.25) is 0 Å². The number of thiophene rings is 1. The molecule has 0 spiro atoms. The summed E-state index contributed by atoms with van der Waals surface area (Å²) in [7, 11) is -3.39. The van der Waals surface area contributed by atoms with E-state index in [0.29, 0.717) is 29.6 Å². The van der Waals surface area contributed by atoms with Crippen LogP contribution >= 0.6 is 22.9 Å². The van der Waals surface area contributed by atoms with E-state index in [2.05, 4.69) is 6.07 Å². The summed E-state index contributed by atoms with van der Waals surface area (Å²) in [6, 6.07) is 11.6. The first-order valence-corrected chi connectivity index (χ1v) is 9.62. The zero-order valence-electron chi connectivity index (χ0n) is 11.5. The molecule has 2 aromatic rings. The number of sulfonamides is 1. The van der Waals surface area contributed by atoms with Crippen LogP contribution in [0.4, 0.5) is 0 Å². The molecule has 0 fully saturated rings. The van der Waals surface area contributed by atoms with Gasteiger partial charge < -0.3 is 0 Å². The number of hydrogen-bond donors (Lipinski definition) is 0. The molecule has 0 radical (unpaired) electrons. The van der Waals surface area contributed by atoms with Crippen molar-refractivity contribution in [3.63, 3.8) is 0 Å². The third kappa shape index (κ3) is 3.01. The lowest BCUT2D eigenvalue weighted by Crippen LogP contribution is -2.35. The summed E-state index contributed by atoms with van der Waals surface area (Å²) in [5, 5.41) is 0. The second-order valence-corrected chi connectivity index (χ2v) is 8.73. The molecule has 1 aromatic heterocycles. The molecule has 1 aromatic carbocycles. The molecule has 0 unspecified atom stereocenters. The Morgan fingerprint density at radius 1 is 1.14 bits per heavy atom. The van der Waals surface area contributed by atoms with Gasteiger partial charge in [-0.2, -0.15) is 4.31 Å². The second kappa shape index (κ2) is 6.08. The molecule has 1 aliphatic heterocycles. The molecule has 0 saturated heterocycles. The van der Waals surface area contributed by atoms with Gasteiger partial charge >= 0.3 is 0 Å². The van der Waals surface area contributed by atoms with Crippen molar-refractivity contribution < 1.29 is 8.42 Å². The first-order valence-electron chi connectivity index (χ1n) is 6.83. The lowest BCUT2D eigenvalue weighted by Gasteiger charge is -2.27. The molecule has 0 N–H and O–H groups in total. The van der Waals surface area contributed by atoms with Gasteiger partial charge in [0.1, 0.15) is 4.21 Å². The maximum absolute atomic E-state index is 12.7. The van der Waals surface area contributed by atoms with Crippen molar-refractivity contribution in [2.75, 3.05) is 12.4 Å². The number of rotatable bonds is 4. The number of fused-ring (bicyclic) bond motifs is 1. The van der Waals surface area contributed by atoms with Crippen molar-refractivity contribution in [1.29, 1.82) is 0 Å². The second-order valence-electron chi connectivity index (χ2n) is 5.02. The topological polar surface area (TPSA) is 37.4 Å². The molecule has 2 heterocycles. The number of aryl methyl sites for hydroxylation is 1. The number of nitrogens with zero attached hydrogens (tertiary/aromatic N) is 1. The van der Waals surface area contributed by atoms with Crippen LogP contribution < -0.4 is 0 Å². The average molecular weight is 342 g/mol. The molecule has 0 saturated carbocycles. The van der Waals surface area contributed by atoms with Gasteiger partial charge in [0, 0.05) is 23.8 Å². The number of halogens is 1. The van der Waals surface area contributed by atoms with E-state index in [1.165, 1.54) is 16.9 Å². The van der Waals surface area contributed by atoms with E-state index in [0.717, 1.165) is 16.9 Å². The quantitative estimate of drug-likeness (QED) is 0.800. The third-order valence-electron chi connectivity index (χ3n) is 3.67. The lowest BCUT2D eigenvalue weighted by molar-refractivity contribution is 0.392. The molecule has 0 amide bonds. The van der Waals surface area contributed by atoms with Crippen LogP contribution in [0.25, 0.3) is 0 Å². The van der Waals surface area contributed by atoms with Gasteiger partial charge in [0.05, 0.1) is 0 Å². The molecular formula is C15H16ClNO2S2. The van der Waals surface area contributed by atoms with E-state index < -0.39 is 10.0 Å². The van der Waals surface area contributed by atoms with E-state index >= 15 is 0 Å². The molecule has 21 heavy (non-hydrogen) atoms. The highest BCUT2D eigenvalue weighted by Crippen LogP contribution is 2.29. The van der Waals surface area contributed by atoms with Gasteiger partial charge in [0.15, 0.2) is 0 Å². The largest absolute Gasteiger partial charge is 0.252 e. The molecular weight excluding hydrogens is 326 g/mol. The first kappa shape index (κ1) is 15.0. The average Bonchev–Trinajstić information content (AvgIpc) is 2.96. The molecule has 3 nitrogen and oxygen atoms in total. The zero-order chi connectivity index (χ0) is 14.9. The van der Waals surface area contributed by atoms with Crippen molar-refractivity contribution >= 4 is 33.0 Å². The Balaban J connectivity index is 1.85. The van der Waals surface area contributed by atoms with Crippen LogP contribution in [0.3, 0.4) is 0 Å². The molecule has 0 bridgehead atoms. The van der Waals surface area contributed by atoms with Gasteiger partial charge in [-0.1, -0.05) is 24.3 Å². The summed E-state index contributed by atoms with van der Waals surface area (Å²) in [5.41, 5.74) is 2.35. The SMILES string of the molecule is O=S(=O)(c1ccc(CCCl)s1)N1CCc2ccccc2C1. The molecule has 0 aliphatic carbocycles. The molecule has 1 aliphatic rings. The van der Waals surface area contributed by atoms with E-state index in [1.54, 1.807) is 10.4 Å². The molecule has 112 valence electrons. The fraction of sp³-hybridized carbons (Fsp3) is 0.333. The van der Waals surface area contributed by atoms with Gasteiger partial charge in [-0.25, -0.2) is 8.42 Å². The Labute approximate surface area is 134 Å². The molecule has 3 rings (SSSR count). The lowest BCUT2D eigenvalue weighted by atomic mass is 10.0. The van der Waals surface area contributed by atoms with Crippen molar-refractivity contribution in [2.24, 2.45) is 0 Å². The molecule has 0 atom stereocenters. The summed E-state index contributed by atoms with van der Waals surface area (Å²) in [4.78, 5) is 1.01. The van der Waals surface area contributed by atoms with E-state index in [4.69, 9.17) is 11.6 Å².